The smallest absolute Gasteiger partial charge is 0.475 e. The van der Waals surface area contributed by atoms with Gasteiger partial charge in [0.15, 0.2) is 15.0 Å². The van der Waals surface area contributed by atoms with Gasteiger partial charge in [0.1, 0.15) is 4.88 Å². The summed E-state index contributed by atoms with van der Waals surface area (Å²) in [6.45, 7) is 5.96. The van der Waals surface area contributed by atoms with Gasteiger partial charge in [-0.1, -0.05) is 29.5 Å². The van der Waals surface area contributed by atoms with Gasteiger partial charge in [-0.15, -0.1) is 0 Å². The first kappa shape index (κ1) is 32.2. The first-order chi connectivity index (χ1) is 20.0. The summed E-state index contributed by atoms with van der Waals surface area (Å²) < 4.78 is 61.4. The van der Waals surface area contributed by atoms with Crippen LogP contribution in [0.5, 0.6) is 0 Å². The minimum absolute atomic E-state index is 0.0477. The van der Waals surface area contributed by atoms with Crippen molar-refractivity contribution in [2.75, 3.05) is 36.2 Å². The van der Waals surface area contributed by atoms with E-state index in [1.807, 2.05) is 32.0 Å². The van der Waals surface area contributed by atoms with Crippen molar-refractivity contribution in [3.8, 4) is 0 Å². The van der Waals surface area contributed by atoms with Gasteiger partial charge in [0.2, 0.25) is 0 Å². The van der Waals surface area contributed by atoms with E-state index in [0.717, 1.165) is 35.0 Å². The molecule has 1 unspecified atom stereocenters. The number of carbonyl (C=O) groups is 2. The second kappa shape index (κ2) is 12.5. The Labute approximate surface area is 250 Å². The van der Waals surface area contributed by atoms with E-state index in [2.05, 4.69) is 27.7 Å². The lowest BCUT2D eigenvalue weighted by molar-refractivity contribution is -0.192. The van der Waals surface area contributed by atoms with E-state index >= 15 is 0 Å². The van der Waals surface area contributed by atoms with Crippen LogP contribution in [0.3, 0.4) is 0 Å². The summed E-state index contributed by atoms with van der Waals surface area (Å²) in [4.78, 5) is 29.6. The highest BCUT2D eigenvalue weighted by Gasteiger charge is 2.38. The van der Waals surface area contributed by atoms with Gasteiger partial charge in [0.05, 0.1) is 29.8 Å². The number of amides is 1. The van der Waals surface area contributed by atoms with E-state index in [4.69, 9.17) is 19.6 Å². The predicted octanol–water partition coefficient (Wildman–Crippen LogP) is 4.44. The van der Waals surface area contributed by atoms with Crippen molar-refractivity contribution in [1.82, 2.24) is 10.3 Å². The average Bonchev–Trinajstić information content (AvgIpc) is 3.32. The predicted molar refractivity (Wildman–Crippen MR) is 156 cm³/mol. The number of alkyl halides is 3. The number of aromatic nitrogens is 1. The van der Waals surface area contributed by atoms with Crippen molar-refractivity contribution in [3.63, 3.8) is 0 Å². The molecule has 1 amide bonds. The van der Waals surface area contributed by atoms with Gasteiger partial charge < -0.3 is 25.4 Å². The van der Waals surface area contributed by atoms with Crippen LogP contribution in [0.1, 0.15) is 34.8 Å². The second-order valence-electron chi connectivity index (χ2n) is 10.8. The SMILES string of the molecule is CC1(C)Cc2nc(N3CCOCC3Cc3cccc(Nc4cccc(S(C)(=O)=O)c4)c3)sc2C(=O)N1.O=C(O)C(F)(F)F. The molecule has 1 fully saturated rings. The van der Waals surface area contributed by atoms with Crippen molar-refractivity contribution < 1.29 is 41.0 Å². The van der Waals surface area contributed by atoms with E-state index in [1.54, 1.807) is 18.2 Å². The molecule has 5 rings (SSSR count). The second-order valence-corrected chi connectivity index (χ2v) is 13.8. The summed E-state index contributed by atoms with van der Waals surface area (Å²) in [7, 11) is -3.28. The zero-order valence-electron chi connectivity index (χ0n) is 23.6. The number of sulfone groups is 1. The minimum Gasteiger partial charge on any atom is -0.475 e. The number of hydrogen-bond donors (Lipinski definition) is 3. The van der Waals surface area contributed by atoms with Crippen LogP contribution in [0, 0.1) is 0 Å². The largest absolute Gasteiger partial charge is 0.490 e. The molecule has 0 aliphatic carbocycles. The number of ether oxygens (including phenoxy) is 1. The number of carboxylic acid groups (broad SMARTS) is 1. The minimum atomic E-state index is -5.08. The van der Waals surface area contributed by atoms with E-state index in [9.17, 15) is 26.4 Å². The lowest BCUT2D eigenvalue weighted by Gasteiger charge is -2.35. The number of thiazole rings is 1. The van der Waals surface area contributed by atoms with E-state index in [-0.39, 0.29) is 22.4 Å². The number of carbonyl (C=O) groups excluding carboxylic acids is 1. The summed E-state index contributed by atoms with van der Waals surface area (Å²) in [5.74, 6) is -2.80. The number of benzene rings is 2. The molecule has 3 heterocycles. The quantitative estimate of drug-likeness (QED) is 0.357. The molecule has 0 saturated carbocycles. The Balaban J connectivity index is 0.000000541. The van der Waals surface area contributed by atoms with Crippen LogP contribution >= 0.6 is 11.3 Å². The Bertz CT molecular complexity index is 1610. The van der Waals surface area contributed by atoms with Crippen LogP contribution in [-0.4, -0.2) is 74.2 Å². The zero-order valence-corrected chi connectivity index (χ0v) is 25.2. The molecule has 3 N–H and O–H groups in total. The summed E-state index contributed by atoms with van der Waals surface area (Å²) in [6, 6.07) is 15.0. The Hall–Kier alpha value is -3.69. The Morgan fingerprint density at radius 1 is 1.21 bits per heavy atom. The standard InChI is InChI=1S/C26H30N4O4S2.C2HF3O2/c1-26(2)15-22-23(24(31)29-26)35-25(28-22)30-10-11-34-16-20(30)13-17-6-4-7-18(12-17)27-19-8-5-9-21(14-19)36(3,32)33;3-2(4,5)1(6)7/h4-9,12,14,20,27H,10-11,13,15-16H2,1-3H3,(H,29,31);(H,6,7). The van der Waals surface area contributed by atoms with Crippen LogP contribution in [-0.2, 0) is 32.2 Å². The molecule has 1 aromatic heterocycles. The molecular formula is C28H31F3N4O6S2. The molecule has 1 atom stereocenters. The Kier molecular flexibility index (Phi) is 9.37. The fraction of sp³-hybridized carbons (Fsp3) is 0.393. The van der Waals surface area contributed by atoms with E-state index in [1.165, 1.54) is 17.6 Å². The molecule has 1 saturated heterocycles. The maximum atomic E-state index is 12.6. The van der Waals surface area contributed by atoms with E-state index in [0.29, 0.717) is 30.2 Å². The maximum absolute atomic E-state index is 12.6. The third-order valence-electron chi connectivity index (χ3n) is 6.62. The van der Waals surface area contributed by atoms with Gasteiger partial charge in [0, 0.05) is 36.1 Å². The highest BCUT2D eigenvalue weighted by Crippen LogP contribution is 2.34. The first-order valence-electron chi connectivity index (χ1n) is 13.1. The fourth-order valence-corrected chi connectivity index (χ4v) is 6.42. The number of anilines is 3. The number of rotatable bonds is 6. The maximum Gasteiger partial charge on any atom is 0.490 e. The highest BCUT2D eigenvalue weighted by molar-refractivity contribution is 7.90. The number of fused-ring (bicyclic) bond motifs is 1. The Morgan fingerprint density at radius 2 is 1.86 bits per heavy atom. The summed E-state index contributed by atoms with van der Waals surface area (Å²) in [5.41, 5.74) is 3.29. The van der Waals surface area contributed by atoms with Crippen LogP contribution in [0.4, 0.5) is 29.7 Å². The molecule has 2 aliphatic heterocycles. The molecule has 15 heteroatoms. The molecule has 43 heavy (non-hydrogen) atoms. The third-order valence-corrected chi connectivity index (χ3v) is 8.86. The van der Waals surface area contributed by atoms with Crippen LogP contribution in [0.15, 0.2) is 53.4 Å². The monoisotopic (exact) mass is 640 g/mol. The van der Waals surface area contributed by atoms with Crippen LogP contribution < -0.4 is 15.5 Å². The van der Waals surface area contributed by atoms with Gasteiger partial charge >= 0.3 is 12.1 Å². The van der Waals surface area contributed by atoms with Gasteiger partial charge in [0.25, 0.3) is 5.91 Å². The zero-order chi connectivity index (χ0) is 31.6. The Morgan fingerprint density at radius 3 is 2.51 bits per heavy atom. The number of carboxylic acids is 1. The lowest BCUT2D eigenvalue weighted by atomic mass is 9.94. The van der Waals surface area contributed by atoms with Crippen molar-refractivity contribution in [2.24, 2.45) is 0 Å². The number of morpholine rings is 1. The molecule has 0 spiro atoms. The first-order valence-corrected chi connectivity index (χ1v) is 15.9. The molecule has 232 valence electrons. The summed E-state index contributed by atoms with van der Waals surface area (Å²) >= 11 is 1.46. The molecule has 0 radical (unpaired) electrons. The lowest BCUT2D eigenvalue weighted by Crippen LogP contribution is -2.48. The fourth-order valence-electron chi connectivity index (χ4n) is 4.68. The van der Waals surface area contributed by atoms with Gasteiger partial charge in [-0.05, 0) is 56.2 Å². The molecule has 0 bridgehead atoms. The number of aliphatic carboxylic acids is 1. The van der Waals surface area contributed by atoms with Crippen molar-refractivity contribution in [3.05, 3.63) is 64.7 Å². The summed E-state index contributed by atoms with van der Waals surface area (Å²) in [6.07, 6.45) is -2.41. The number of hydrogen-bond acceptors (Lipinski definition) is 9. The van der Waals surface area contributed by atoms with Crippen molar-refractivity contribution in [2.45, 2.75) is 49.3 Å². The number of nitrogens with zero attached hydrogens (tertiary/aromatic N) is 2. The molecular weight excluding hydrogens is 609 g/mol. The van der Waals surface area contributed by atoms with Crippen LogP contribution in [0.2, 0.25) is 0 Å². The molecule has 3 aromatic rings. The molecule has 2 aromatic carbocycles. The highest BCUT2D eigenvalue weighted by atomic mass is 32.2. The van der Waals surface area contributed by atoms with Crippen LogP contribution in [0.25, 0.3) is 0 Å². The van der Waals surface area contributed by atoms with Crippen molar-refractivity contribution >= 4 is 49.6 Å². The van der Waals surface area contributed by atoms with Crippen molar-refractivity contribution in [1.29, 1.82) is 0 Å². The summed E-state index contributed by atoms with van der Waals surface area (Å²) in [5, 5.41) is 14.4. The van der Waals surface area contributed by atoms with Gasteiger partial charge in [-0.2, -0.15) is 13.2 Å². The number of nitrogens with one attached hydrogen (secondary N) is 2. The molecule has 2 aliphatic rings. The van der Waals surface area contributed by atoms with Gasteiger partial charge in [-0.3, -0.25) is 4.79 Å². The third kappa shape index (κ3) is 8.45. The van der Waals surface area contributed by atoms with E-state index < -0.39 is 22.0 Å². The molecule has 10 nitrogen and oxygen atoms in total. The number of halogens is 3. The van der Waals surface area contributed by atoms with Gasteiger partial charge in [-0.25, -0.2) is 18.2 Å². The topological polar surface area (TPSA) is 138 Å². The average molecular weight is 641 g/mol. The normalized spacial score (nSPS) is 18.1.